The summed E-state index contributed by atoms with van der Waals surface area (Å²) in [5.41, 5.74) is 3.18. The zero-order valence-corrected chi connectivity index (χ0v) is 15.3. The van der Waals surface area contributed by atoms with E-state index in [1.807, 2.05) is 23.1 Å². The third-order valence-corrected chi connectivity index (χ3v) is 4.86. The Balaban J connectivity index is 1.45. The van der Waals surface area contributed by atoms with Crippen LogP contribution in [0.3, 0.4) is 0 Å². The van der Waals surface area contributed by atoms with Crippen LogP contribution in [0.4, 0.5) is 0 Å². The molecule has 0 atom stereocenters. The summed E-state index contributed by atoms with van der Waals surface area (Å²) in [7, 11) is 2.06. The van der Waals surface area contributed by atoms with Gasteiger partial charge in [-0.2, -0.15) is 0 Å². The fourth-order valence-corrected chi connectivity index (χ4v) is 3.53. The second-order valence-corrected chi connectivity index (χ2v) is 6.76. The zero-order valence-electron chi connectivity index (χ0n) is 15.3. The maximum absolute atomic E-state index is 13.1. The molecule has 0 spiro atoms. The molecule has 0 bridgehead atoms. The van der Waals surface area contributed by atoms with Gasteiger partial charge in [0.15, 0.2) is 0 Å². The molecule has 3 heterocycles. The van der Waals surface area contributed by atoms with Crippen molar-refractivity contribution in [2.75, 3.05) is 33.4 Å². The molecule has 4 rings (SSSR count). The molecule has 1 aromatic carbocycles. The lowest BCUT2D eigenvalue weighted by molar-refractivity contribution is -0.131. The van der Waals surface area contributed by atoms with Crippen molar-refractivity contribution in [2.45, 2.75) is 13.0 Å². The molecular formula is C20H21N5O2. The van der Waals surface area contributed by atoms with E-state index in [-0.39, 0.29) is 5.91 Å². The Bertz CT molecular complexity index is 895. The topological polar surface area (TPSA) is 65.7 Å². The standard InChI is InChI=1S/C20H21N5O2/c1-23-15-25(12-16-6-3-2-4-7-16)20(26)17-13-24(11-9-18(17)23)10-5-8-19-22-21-14-27-19/h2-4,6-7,14H,9-13,15H2,1H3. The molecule has 1 aromatic heterocycles. The molecule has 7 nitrogen and oxygen atoms in total. The van der Waals surface area contributed by atoms with Gasteiger partial charge in [-0.15, -0.1) is 5.10 Å². The second kappa shape index (κ2) is 7.64. The van der Waals surface area contributed by atoms with Crippen molar-refractivity contribution < 1.29 is 9.21 Å². The Labute approximate surface area is 158 Å². The number of aromatic nitrogens is 2. The highest BCUT2D eigenvalue weighted by Gasteiger charge is 2.33. The number of nitrogens with zero attached hydrogens (tertiary/aromatic N) is 5. The Kier molecular flexibility index (Phi) is 4.90. The first kappa shape index (κ1) is 17.3. The van der Waals surface area contributed by atoms with Gasteiger partial charge in [0, 0.05) is 38.8 Å². The van der Waals surface area contributed by atoms with Crippen molar-refractivity contribution in [3.63, 3.8) is 0 Å². The van der Waals surface area contributed by atoms with Gasteiger partial charge in [-0.25, -0.2) is 0 Å². The van der Waals surface area contributed by atoms with Crippen LogP contribution in [0.1, 0.15) is 17.9 Å². The molecule has 0 saturated heterocycles. The maximum Gasteiger partial charge on any atom is 0.293 e. The van der Waals surface area contributed by atoms with Crippen LogP contribution in [0.5, 0.6) is 0 Å². The summed E-state index contributed by atoms with van der Waals surface area (Å²) in [6, 6.07) is 10.1. The lowest BCUT2D eigenvalue weighted by Gasteiger charge is -2.42. The molecule has 2 aliphatic heterocycles. The van der Waals surface area contributed by atoms with E-state index < -0.39 is 0 Å². The molecule has 2 aliphatic rings. The highest BCUT2D eigenvalue weighted by atomic mass is 16.4. The van der Waals surface area contributed by atoms with Crippen LogP contribution in [0, 0.1) is 11.8 Å². The van der Waals surface area contributed by atoms with Crippen LogP contribution in [-0.4, -0.2) is 64.2 Å². The fourth-order valence-electron chi connectivity index (χ4n) is 3.53. The van der Waals surface area contributed by atoms with Gasteiger partial charge in [-0.3, -0.25) is 9.69 Å². The Morgan fingerprint density at radius 3 is 2.89 bits per heavy atom. The molecule has 27 heavy (non-hydrogen) atoms. The van der Waals surface area contributed by atoms with Crippen LogP contribution in [-0.2, 0) is 11.3 Å². The minimum absolute atomic E-state index is 0.126. The van der Waals surface area contributed by atoms with Crippen molar-refractivity contribution in [3.8, 4) is 11.8 Å². The molecule has 0 N–H and O–H groups in total. The van der Waals surface area contributed by atoms with Crippen LogP contribution in [0.2, 0.25) is 0 Å². The van der Waals surface area contributed by atoms with Gasteiger partial charge < -0.3 is 14.2 Å². The molecular weight excluding hydrogens is 342 g/mol. The lowest BCUT2D eigenvalue weighted by Crippen LogP contribution is -2.50. The highest BCUT2D eigenvalue weighted by molar-refractivity contribution is 5.95. The monoisotopic (exact) mass is 363 g/mol. The van der Waals surface area contributed by atoms with Crippen LogP contribution in [0.25, 0.3) is 0 Å². The zero-order chi connectivity index (χ0) is 18.6. The van der Waals surface area contributed by atoms with Gasteiger partial charge in [-0.05, 0) is 11.5 Å². The summed E-state index contributed by atoms with van der Waals surface area (Å²) >= 11 is 0. The SMILES string of the molecule is CN1CN(Cc2ccccc2)C(=O)C2=C1CCN(CC#Cc1nnco1)C2. The van der Waals surface area contributed by atoms with Gasteiger partial charge >= 0.3 is 0 Å². The van der Waals surface area contributed by atoms with E-state index in [1.165, 1.54) is 6.39 Å². The number of carbonyl (C=O) groups is 1. The third-order valence-electron chi connectivity index (χ3n) is 4.86. The number of amides is 1. The second-order valence-electron chi connectivity index (χ2n) is 6.76. The van der Waals surface area contributed by atoms with Gasteiger partial charge in [0.25, 0.3) is 11.8 Å². The first-order valence-electron chi connectivity index (χ1n) is 8.94. The Morgan fingerprint density at radius 2 is 2.11 bits per heavy atom. The minimum Gasteiger partial charge on any atom is -0.417 e. The molecule has 0 aliphatic carbocycles. The predicted octanol–water partition coefficient (Wildman–Crippen LogP) is 1.31. The van der Waals surface area contributed by atoms with E-state index in [9.17, 15) is 4.79 Å². The van der Waals surface area contributed by atoms with Crippen LogP contribution < -0.4 is 0 Å². The van der Waals surface area contributed by atoms with Crippen molar-refractivity contribution in [1.82, 2.24) is 24.9 Å². The van der Waals surface area contributed by atoms with E-state index in [1.54, 1.807) is 0 Å². The van der Waals surface area contributed by atoms with Crippen LogP contribution >= 0.6 is 0 Å². The molecule has 2 aromatic rings. The van der Waals surface area contributed by atoms with E-state index in [2.05, 4.69) is 51.0 Å². The van der Waals surface area contributed by atoms with Crippen LogP contribution in [0.15, 0.2) is 52.4 Å². The van der Waals surface area contributed by atoms with Crippen molar-refractivity contribution in [3.05, 3.63) is 59.4 Å². The molecule has 0 saturated carbocycles. The average molecular weight is 363 g/mol. The number of hydrogen-bond donors (Lipinski definition) is 0. The normalized spacial score (nSPS) is 17.6. The summed E-state index contributed by atoms with van der Waals surface area (Å²) < 4.78 is 5.02. The van der Waals surface area contributed by atoms with Gasteiger partial charge in [0.05, 0.1) is 18.8 Å². The maximum atomic E-state index is 13.1. The highest BCUT2D eigenvalue weighted by Crippen LogP contribution is 2.27. The van der Waals surface area contributed by atoms with Crippen molar-refractivity contribution >= 4 is 5.91 Å². The minimum atomic E-state index is 0.126. The summed E-state index contributed by atoms with van der Waals surface area (Å²) in [5.74, 6) is 6.34. The predicted molar refractivity (Wildman–Crippen MR) is 98.9 cm³/mol. The Morgan fingerprint density at radius 1 is 1.26 bits per heavy atom. The average Bonchev–Trinajstić information content (AvgIpc) is 3.20. The lowest BCUT2D eigenvalue weighted by atomic mass is 10.0. The first-order valence-corrected chi connectivity index (χ1v) is 8.94. The van der Waals surface area contributed by atoms with E-state index in [0.717, 1.165) is 29.8 Å². The number of carbonyl (C=O) groups excluding carboxylic acids is 1. The number of rotatable bonds is 3. The molecule has 0 unspecified atom stereocenters. The summed E-state index contributed by atoms with van der Waals surface area (Å²) in [6.45, 7) is 3.31. The summed E-state index contributed by atoms with van der Waals surface area (Å²) in [4.78, 5) is 19.3. The smallest absolute Gasteiger partial charge is 0.293 e. The molecule has 1 amide bonds. The molecule has 0 fully saturated rings. The molecule has 138 valence electrons. The van der Waals surface area contributed by atoms with Gasteiger partial charge in [-0.1, -0.05) is 41.4 Å². The quantitative estimate of drug-likeness (QED) is 0.766. The number of hydrogen-bond acceptors (Lipinski definition) is 6. The summed E-state index contributed by atoms with van der Waals surface area (Å²) in [6.07, 6.45) is 2.12. The van der Waals surface area contributed by atoms with Crippen molar-refractivity contribution in [1.29, 1.82) is 0 Å². The van der Waals surface area contributed by atoms with Crippen molar-refractivity contribution in [2.24, 2.45) is 0 Å². The van der Waals surface area contributed by atoms with E-state index in [0.29, 0.717) is 32.2 Å². The Hall–Kier alpha value is -3.11. The van der Waals surface area contributed by atoms with E-state index in [4.69, 9.17) is 4.42 Å². The number of benzene rings is 1. The molecule has 7 heteroatoms. The molecule has 0 radical (unpaired) electrons. The fraction of sp³-hybridized carbons (Fsp3) is 0.350. The third kappa shape index (κ3) is 3.86. The van der Waals surface area contributed by atoms with Gasteiger partial charge in [0.1, 0.15) is 0 Å². The largest absolute Gasteiger partial charge is 0.417 e. The van der Waals surface area contributed by atoms with Gasteiger partial charge in [0.2, 0.25) is 6.39 Å². The van der Waals surface area contributed by atoms with E-state index >= 15 is 0 Å². The first-order chi connectivity index (χ1) is 13.2. The summed E-state index contributed by atoms with van der Waals surface area (Å²) in [5, 5.41) is 7.36.